The molecule has 1 saturated carbocycles. The second kappa shape index (κ2) is 6.54. The van der Waals surface area contributed by atoms with Gasteiger partial charge in [-0.25, -0.2) is 9.38 Å². The van der Waals surface area contributed by atoms with Crippen molar-refractivity contribution < 1.29 is 9.13 Å². The maximum absolute atomic E-state index is 13.5. The van der Waals surface area contributed by atoms with E-state index >= 15 is 0 Å². The van der Waals surface area contributed by atoms with E-state index in [4.69, 9.17) is 10.5 Å². The maximum atomic E-state index is 13.5. The highest BCUT2D eigenvalue weighted by Gasteiger charge is 2.38. The van der Waals surface area contributed by atoms with Gasteiger partial charge in [-0.2, -0.15) is 0 Å². The summed E-state index contributed by atoms with van der Waals surface area (Å²) in [4.78, 5) is 4.41. The summed E-state index contributed by atoms with van der Waals surface area (Å²) in [6, 6.07) is 5.46. The van der Waals surface area contributed by atoms with E-state index in [0.717, 1.165) is 12.0 Å². The normalized spacial score (nSPS) is 23.5. The molecule has 4 nitrogen and oxygen atoms in total. The summed E-state index contributed by atoms with van der Waals surface area (Å²) < 4.78 is 19.0. The first-order valence-electron chi connectivity index (χ1n) is 6.55. The quantitative estimate of drug-likeness (QED) is 0.637. The van der Waals surface area contributed by atoms with Crippen LogP contribution in [-0.4, -0.2) is 31.8 Å². The molecule has 1 fully saturated rings. The van der Waals surface area contributed by atoms with Gasteiger partial charge in [-0.15, -0.1) is 0 Å². The minimum Gasteiger partial charge on any atom is -0.383 e. The van der Waals surface area contributed by atoms with Gasteiger partial charge in [0.15, 0.2) is 5.96 Å². The highest BCUT2D eigenvalue weighted by Crippen LogP contribution is 2.44. The van der Waals surface area contributed by atoms with E-state index in [1.54, 1.807) is 19.2 Å². The molecular formula is C14H19BrFN3O. The topological polar surface area (TPSA) is 59.6 Å². The number of benzene rings is 1. The van der Waals surface area contributed by atoms with E-state index in [-0.39, 0.29) is 23.8 Å². The minimum absolute atomic E-state index is 0.117. The van der Waals surface area contributed by atoms with Crippen LogP contribution in [0.15, 0.2) is 27.7 Å². The number of rotatable bonds is 5. The van der Waals surface area contributed by atoms with Gasteiger partial charge in [0.25, 0.3) is 0 Å². The zero-order valence-electron chi connectivity index (χ0n) is 11.6. The van der Waals surface area contributed by atoms with Crippen LogP contribution in [0.25, 0.3) is 0 Å². The van der Waals surface area contributed by atoms with Gasteiger partial charge < -0.3 is 15.8 Å². The third kappa shape index (κ3) is 3.93. The van der Waals surface area contributed by atoms with E-state index in [1.165, 1.54) is 0 Å². The molecule has 0 aliphatic heterocycles. The Balaban J connectivity index is 1.92. The Morgan fingerprint density at radius 3 is 3.05 bits per heavy atom. The molecule has 0 aromatic heterocycles. The largest absolute Gasteiger partial charge is 0.383 e. The number of nitrogens with one attached hydrogen (secondary N) is 1. The standard InChI is InChI=1S/C14H19BrFN3O/c1-8(7-20-2)18-14(17)19-13-6-10(13)9-3-4-11(15)12(16)5-9/h3-5,8,10,13H,6-7H2,1-2H3,(H3,17,18,19)/t8?,10-,13+/m0/s1. The van der Waals surface area contributed by atoms with Crippen molar-refractivity contribution in [3.05, 3.63) is 34.1 Å². The van der Waals surface area contributed by atoms with Crippen molar-refractivity contribution in [3.8, 4) is 0 Å². The smallest absolute Gasteiger partial charge is 0.189 e. The van der Waals surface area contributed by atoms with Crippen LogP contribution < -0.4 is 11.1 Å². The minimum atomic E-state index is -0.239. The molecule has 3 atom stereocenters. The van der Waals surface area contributed by atoms with Crippen molar-refractivity contribution in [2.24, 2.45) is 10.7 Å². The summed E-state index contributed by atoms with van der Waals surface area (Å²) in [6.45, 7) is 2.54. The number of nitrogens with two attached hydrogens (primary N) is 1. The summed E-state index contributed by atoms with van der Waals surface area (Å²) in [5.41, 5.74) is 6.81. The van der Waals surface area contributed by atoms with Crippen molar-refractivity contribution in [1.82, 2.24) is 5.32 Å². The average Bonchev–Trinajstić information content (AvgIpc) is 3.11. The third-order valence-corrected chi connectivity index (χ3v) is 3.89. The molecule has 1 unspecified atom stereocenters. The lowest BCUT2D eigenvalue weighted by Gasteiger charge is -2.13. The molecule has 0 bridgehead atoms. The monoisotopic (exact) mass is 343 g/mol. The molecule has 1 aromatic carbocycles. The van der Waals surface area contributed by atoms with Crippen LogP contribution in [0, 0.1) is 5.82 Å². The molecule has 0 spiro atoms. The molecule has 6 heteroatoms. The van der Waals surface area contributed by atoms with Crippen LogP contribution >= 0.6 is 15.9 Å². The van der Waals surface area contributed by atoms with Gasteiger partial charge >= 0.3 is 0 Å². The van der Waals surface area contributed by atoms with Gasteiger partial charge in [-0.3, -0.25) is 0 Å². The highest BCUT2D eigenvalue weighted by molar-refractivity contribution is 9.10. The van der Waals surface area contributed by atoms with Crippen molar-refractivity contribution in [3.63, 3.8) is 0 Å². The second-order valence-corrected chi connectivity index (χ2v) is 5.95. The van der Waals surface area contributed by atoms with E-state index in [0.29, 0.717) is 17.0 Å². The van der Waals surface area contributed by atoms with Gasteiger partial charge in [0, 0.05) is 19.1 Å². The van der Waals surface area contributed by atoms with Crippen LogP contribution in [0.1, 0.15) is 24.8 Å². The average molecular weight is 344 g/mol. The fourth-order valence-corrected chi connectivity index (χ4v) is 2.43. The van der Waals surface area contributed by atoms with Gasteiger partial charge in [0.05, 0.1) is 17.1 Å². The lowest BCUT2D eigenvalue weighted by molar-refractivity contribution is 0.179. The fraction of sp³-hybridized carbons (Fsp3) is 0.500. The van der Waals surface area contributed by atoms with Crippen LogP contribution in [0.2, 0.25) is 0 Å². The summed E-state index contributed by atoms with van der Waals surface area (Å²) >= 11 is 3.15. The van der Waals surface area contributed by atoms with Gasteiger partial charge in [-0.1, -0.05) is 6.07 Å². The molecule has 110 valence electrons. The molecule has 0 amide bonds. The number of hydrogen-bond acceptors (Lipinski definition) is 2. The Hall–Kier alpha value is -1.14. The first-order valence-corrected chi connectivity index (χ1v) is 7.34. The van der Waals surface area contributed by atoms with Crippen LogP contribution in [0.4, 0.5) is 4.39 Å². The Morgan fingerprint density at radius 2 is 2.40 bits per heavy atom. The molecule has 2 rings (SSSR count). The van der Waals surface area contributed by atoms with Gasteiger partial charge in [0.2, 0.25) is 0 Å². The number of nitrogens with zero attached hydrogens (tertiary/aromatic N) is 1. The maximum Gasteiger partial charge on any atom is 0.189 e. The van der Waals surface area contributed by atoms with Crippen LogP contribution in [-0.2, 0) is 4.74 Å². The van der Waals surface area contributed by atoms with Crippen LogP contribution in [0.5, 0.6) is 0 Å². The van der Waals surface area contributed by atoms with Gasteiger partial charge in [0.1, 0.15) is 5.82 Å². The van der Waals surface area contributed by atoms with Crippen LogP contribution in [0.3, 0.4) is 0 Å². The Labute approximate surface area is 126 Å². The van der Waals surface area contributed by atoms with E-state index in [9.17, 15) is 4.39 Å². The Bertz CT molecular complexity index is 509. The van der Waals surface area contributed by atoms with E-state index < -0.39 is 0 Å². The van der Waals surface area contributed by atoms with Gasteiger partial charge in [-0.05, 0) is 47.0 Å². The lowest BCUT2D eigenvalue weighted by Crippen LogP contribution is -2.40. The zero-order valence-corrected chi connectivity index (χ0v) is 13.2. The fourth-order valence-electron chi connectivity index (χ4n) is 2.19. The second-order valence-electron chi connectivity index (χ2n) is 5.10. The molecular weight excluding hydrogens is 325 g/mol. The molecule has 0 heterocycles. The molecule has 20 heavy (non-hydrogen) atoms. The molecule has 0 radical (unpaired) electrons. The number of methoxy groups -OCH3 is 1. The number of halogens is 2. The molecule has 1 aliphatic rings. The molecule has 3 N–H and O–H groups in total. The summed E-state index contributed by atoms with van der Waals surface area (Å²) in [5.74, 6) is 0.437. The summed E-state index contributed by atoms with van der Waals surface area (Å²) in [5, 5.41) is 3.07. The van der Waals surface area contributed by atoms with Crippen molar-refractivity contribution in [1.29, 1.82) is 0 Å². The number of hydrogen-bond donors (Lipinski definition) is 2. The summed E-state index contributed by atoms with van der Waals surface area (Å²) in [7, 11) is 1.64. The highest BCUT2D eigenvalue weighted by atomic mass is 79.9. The predicted octanol–water partition coefficient (Wildman–Crippen LogP) is 2.38. The van der Waals surface area contributed by atoms with Crippen molar-refractivity contribution in [2.45, 2.75) is 31.3 Å². The first-order chi connectivity index (χ1) is 9.51. The lowest BCUT2D eigenvalue weighted by atomic mass is 10.1. The third-order valence-electron chi connectivity index (χ3n) is 3.24. The Kier molecular flexibility index (Phi) is 4.99. The molecule has 0 saturated heterocycles. The predicted molar refractivity (Wildman–Crippen MR) is 81.3 cm³/mol. The molecule has 1 aromatic rings. The van der Waals surface area contributed by atoms with Crippen molar-refractivity contribution in [2.75, 3.05) is 13.7 Å². The van der Waals surface area contributed by atoms with E-state index in [1.807, 2.05) is 13.0 Å². The number of aliphatic imine (C=N–C) groups is 1. The van der Waals surface area contributed by atoms with Crippen molar-refractivity contribution >= 4 is 21.9 Å². The zero-order chi connectivity index (χ0) is 14.7. The first kappa shape index (κ1) is 15.3. The molecule has 1 aliphatic carbocycles. The number of guanidine groups is 1. The van der Waals surface area contributed by atoms with E-state index in [2.05, 4.69) is 26.2 Å². The summed E-state index contributed by atoms with van der Waals surface area (Å²) in [6.07, 6.45) is 0.905. The number of ether oxygens (including phenoxy) is 1. The Morgan fingerprint density at radius 1 is 1.65 bits per heavy atom. The SMILES string of the molecule is COCC(C)NC(N)=N[C@@H]1C[C@H]1c1ccc(Br)c(F)c1.